The Labute approximate surface area is 153 Å². The first kappa shape index (κ1) is 16.8. The normalized spacial score (nSPS) is 16.2. The van der Waals surface area contributed by atoms with E-state index in [1.54, 1.807) is 0 Å². The van der Waals surface area contributed by atoms with Gasteiger partial charge in [-0.1, -0.05) is 41.9 Å². The molecule has 1 aliphatic rings. The first-order valence-electron chi connectivity index (χ1n) is 7.89. The number of halogens is 1. The van der Waals surface area contributed by atoms with E-state index >= 15 is 0 Å². The molecule has 2 aromatic carbocycles. The summed E-state index contributed by atoms with van der Waals surface area (Å²) in [5, 5.41) is 4.65. The van der Waals surface area contributed by atoms with Gasteiger partial charge in [0.25, 0.3) is 5.54 Å². The predicted molar refractivity (Wildman–Crippen MR) is 103 cm³/mol. The Morgan fingerprint density at radius 1 is 1.08 bits per heavy atom. The van der Waals surface area contributed by atoms with Crippen molar-refractivity contribution in [2.45, 2.75) is 18.4 Å². The highest BCUT2D eigenvalue weighted by Crippen LogP contribution is 2.37. The van der Waals surface area contributed by atoms with Crippen LogP contribution in [0.15, 0.2) is 54.6 Å². The second-order valence-corrected chi connectivity index (χ2v) is 6.76. The fraction of sp³-hybridized carbons (Fsp3) is 0.263. The molecule has 0 aromatic heterocycles. The first-order valence-corrected chi connectivity index (χ1v) is 8.67. The van der Waals surface area contributed by atoms with E-state index < -0.39 is 5.54 Å². The van der Waals surface area contributed by atoms with E-state index in [1.165, 1.54) is 0 Å². The van der Waals surface area contributed by atoms with Gasteiger partial charge in [0, 0.05) is 42.2 Å². The second-order valence-electron chi connectivity index (χ2n) is 5.93. The fourth-order valence-corrected chi connectivity index (χ4v) is 3.46. The smallest absolute Gasteiger partial charge is 0.260 e. The van der Waals surface area contributed by atoms with Crippen molar-refractivity contribution in [3.8, 4) is 0 Å². The van der Waals surface area contributed by atoms with Gasteiger partial charge in [0.2, 0.25) is 0 Å². The summed E-state index contributed by atoms with van der Waals surface area (Å²) in [6.45, 7) is 9.25. The summed E-state index contributed by atoms with van der Waals surface area (Å²) < 4.78 is 0. The molecular formula is C19H18ClN3S. The molecule has 1 fully saturated rings. The number of likely N-dealkylation sites (tertiary alicyclic amines) is 1. The van der Waals surface area contributed by atoms with E-state index in [0.717, 1.165) is 37.2 Å². The molecule has 0 atom stereocenters. The Balaban J connectivity index is 1.65. The monoisotopic (exact) mass is 355 g/mol. The third-order valence-corrected chi connectivity index (χ3v) is 5.11. The van der Waals surface area contributed by atoms with Gasteiger partial charge >= 0.3 is 0 Å². The van der Waals surface area contributed by atoms with E-state index in [2.05, 4.69) is 27.2 Å². The summed E-state index contributed by atoms with van der Waals surface area (Å²) in [6.07, 6.45) is 1.56. The van der Waals surface area contributed by atoms with Crippen LogP contribution in [0.25, 0.3) is 4.85 Å². The SMILES string of the molecule is [C-]#[N+]C1(c2ccccc2)CCN(C(=S)Nc2ccc(Cl)cc2)CC1. The lowest BCUT2D eigenvalue weighted by Crippen LogP contribution is -2.45. The van der Waals surface area contributed by atoms with E-state index in [1.807, 2.05) is 42.5 Å². The van der Waals surface area contributed by atoms with Gasteiger partial charge < -0.3 is 15.1 Å². The molecule has 5 heteroatoms. The number of rotatable bonds is 2. The number of hydrogen-bond acceptors (Lipinski definition) is 1. The van der Waals surface area contributed by atoms with Crippen LogP contribution in [0.4, 0.5) is 5.69 Å². The number of thiocarbonyl (C=S) groups is 1. The minimum absolute atomic E-state index is 0.423. The summed E-state index contributed by atoms with van der Waals surface area (Å²) in [7, 11) is 0. The molecule has 1 aliphatic heterocycles. The molecule has 0 amide bonds. The number of benzene rings is 2. The Bertz CT molecular complexity index is 744. The standard InChI is InChI=1S/C19H18ClN3S/c1-21-19(15-5-3-2-4-6-15)11-13-23(14-12-19)18(24)22-17-9-7-16(20)8-10-17/h2-10H,11-14H2,(H,22,24). The zero-order chi connectivity index (χ0) is 17.0. The van der Waals surface area contributed by atoms with Crippen LogP contribution < -0.4 is 5.32 Å². The molecular weight excluding hydrogens is 338 g/mol. The van der Waals surface area contributed by atoms with E-state index in [0.29, 0.717) is 10.1 Å². The molecule has 122 valence electrons. The number of anilines is 1. The highest BCUT2D eigenvalue weighted by molar-refractivity contribution is 7.80. The van der Waals surface area contributed by atoms with Crippen LogP contribution in [0.2, 0.25) is 5.02 Å². The molecule has 0 bridgehead atoms. The molecule has 0 unspecified atom stereocenters. The van der Waals surface area contributed by atoms with Crippen LogP contribution in [0, 0.1) is 6.57 Å². The highest BCUT2D eigenvalue weighted by atomic mass is 35.5. The average molecular weight is 356 g/mol. The Morgan fingerprint density at radius 2 is 1.71 bits per heavy atom. The van der Waals surface area contributed by atoms with Crippen molar-refractivity contribution in [1.29, 1.82) is 0 Å². The topological polar surface area (TPSA) is 19.6 Å². The maximum atomic E-state index is 7.70. The van der Waals surface area contributed by atoms with E-state index in [-0.39, 0.29) is 0 Å². The lowest BCUT2D eigenvalue weighted by atomic mass is 9.82. The Hall–Kier alpha value is -2.09. The zero-order valence-electron chi connectivity index (χ0n) is 13.2. The zero-order valence-corrected chi connectivity index (χ0v) is 14.8. The van der Waals surface area contributed by atoms with Crippen molar-refractivity contribution >= 4 is 34.6 Å². The molecule has 0 radical (unpaired) electrons. The molecule has 1 heterocycles. The van der Waals surface area contributed by atoms with Crippen LogP contribution in [-0.4, -0.2) is 23.1 Å². The van der Waals surface area contributed by atoms with Gasteiger partial charge in [-0.15, -0.1) is 0 Å². The molecule has 1 saturated heterocycles. The minimum atomic E-state index is -0.423. The van der Waals surface area contributed by atoms with Crippen molar-refractivity contribution in [2.75, 3.05) is 18.4 Å². The number of nitrogens with one attached hydrogen (secondary N) is 1. The molecule has 2 aromatic rings. The van der Waals surface area contributed by atoms with Gasteiger partial charge in [-0.2, -0.15) is 0 Å². The fourth-order valence-electron chi connectivity index (χ4n) is 3.03. The largest absolute Gasteiger partial charge is 0.348 e. The van der Waals surface area contributed by atoms with Gasteiger partial charge in [-0.05, 0) is 36.5 Å². The first-order chi connectivity index (χ1) is 11.6. The second kappa shape index (κ2) is 7.21. The minimum Gasteiger partial charge on any atom is -0.348 e. The van der Waals surface area contributed by atoms with E-state index in [9.17, 15) is 0 Å². The van der Waals surface area contributed by atoms with Gasteiger partial charge in [-0.25, -0.2) is 6.57 Å². The van der Waals surface area contributed by atoms with Crippen LogP contribution in [-0.2, 0) is 5.54 Å². The molecule has 0 saturated carbocycles. The maximum absolute atomic E-state index is 7.70. The summed E-state index contributed by atoms with van der Waals surface area (Å²) in [5.74, 6) is 0. The van der Waals surface area contributed by atoms with Crippen LogP contribution in [0.1, 0.15) is 18.4 Å². The number of hydrogen-bond donors (Lipinski definition) is 1. The molecule has 24 heavy (non-hydrogen) atoms. The highest BCUT2D eigenvalue weighted by Gasteiger charge is 2.42. The van der Waals surface area contributed by atoms with Gasteiger partial charge in [0.1, 0.15) is 0 Å². The molecule has 3 rings (SSSR count). The maximum Gasteiger partial charge on any atom is 0.260 e. The molecule has 0 spiro atoms. The Morgan fingerprint density at radius 3 is 2.29 bits per heavy atom. The summed E-state index contributed by atoms with van der Waals surface area (Å²) in [4.78, 5) is 6.12. The van der Waals surface area contributed by atoms with Crippen LogP contribution in [0.3, 0.4) is 0 Å². The third kappa shape index (κ3) is 3.53. The van der Waals surface area contributed by atoms with Crippen molar-refractivity contribution < 1.29 is 0 Å². The lowest BCUT2D eigenvalue weighted by Gasteiger charge is -2.35. The van der Waals surface area contributed by atoms with Crippen LogP contribution in [0.5, 0.6) is 0 Å². The van der Waals surface area contributed by atoms with E-state index in [4.69, 9.17) is 30.4 Å². The van der Waals surface area contributed by atoms with Gasteiger partial charge in [-0.3, -0.25) is 0 Å². The summed E-state index contributed by atoms with van der Waals surface area (Å²) in [6, 6.07) is 17.6. The Kier molecular flexibility index (Phi) is 5.03. The van der Waals surface area contributed by atoms with Crippen molar-refractivity contribution in [1.82, 2.24) is 4.90 Å². The lowest BCUT2D eigenvalue weighted by molar-refractivity contribution is 0.265. The van der Waals surface area contributed by atoms with Crippen molar-refractivity contribution in [3.05, 3.63) is 76.6 Å². The summed E-state index contributed by atoms with van der Waals surface area (Å²) >= 11 is 11.4. The van der Waals surface area contributed by atoms with Gasteiger partial charge in [0.05, 0.1) is 0 Å². The van der Waals surface area contributed by atoms with Crippen molar-refractivity contribution in [2.24, 2.45) is 0 Å². The van der Waals surface area contributed by atoms with Crippen molar-refractivity contribution in [3.63, 3.8) is 0 Å². The third-order valence-electron chi connectivity index (χ3n) is 4.50. The van der Waals surface area contributed by atoms with Crippen LogP contribution >= 0.6 is 23.8 Å². The molecule has 3 nitrogen and oxygen atoms in total. The molecule has 0 aliphatic carbocycles. The molecule has 1 N–H and O–H groups in total. The van der Waals surface area contributed by atoms with Gasteiger partial charge in [0.15, 0.2) is 5.11 Å². The predicted octanol–water partition coefficient (Wildman–Crippen LogP) is 4.95. The quantitative estimate of drug-likeness (QED) is 0.608. The summed E-state index contributed by atoms with van der Waals surface area (Å²) in [5.41, 5.74) is 1.61. The number of piperidine rings is 1. The number of nitrogens with zero attached hydrogens (tertiary/aromatic N) is 2. The average Bonchev–Trinajstić information content (AvgIpc) is 2.64.